The van der Waals surface area contributed by atoms with Crippen LogP contribution < -0.4 is 5.32 Å². The largest absolute Gasteiger partial charge is 0.342 e. The molecule has 0 atom stereocenters. The van der Waals surface area contributed by atoms with Gasteiger partial charge < -0.3 is 15.1 Å². The van der Waals surface area contributed by atoms with E-state index in [-0.39, 0.29) is 5.91 Å². The first kappa shape index (κ1) is 18.1. The Morgan fingerprint density at radius 2 is 1.81 bits per heavy atom. The predicted octanol–water partition coefficient (Wildman–Crippen LogP) is 2.40. The standard InChI is InChI=1S/C18H20ClN5O2/c1-12-7-13(2)16(15(19)8-12)22-18-20-9-14(10-21-18)17(26)24-5-3-23(11-25)4-6-24/h7-11H,3-6H2,1-2H3,(H,20,21,22). The fraction of sp³-hybridized carbons (Fsp3) is 0.333. The zero-order valence-corrected chi connectivity index (χ0v) is 15.5. The van der Waals surface area contributed by atoms with Crippen LogP contribution in [0, 0.1) is 13.8 Å². The van der Waals surface area contributed by atoms with Gasteiger partial charge in [-0.05, 0) is 31.0 Å². The molecular weight excluding hydrogens is 354 g/mol. The molecule has 1 aromatic heterocycles. The normalized spacial score (nSPS) is 14.3. The third-order valence-corrected chi connectivity index (χ3v) is 4.62. The first-order chi connectivity index (χ1) is 12.5. The fourth-order valence-corrected chi connectivity index (χ4v) is 3.27. The van der Waals surface area contributed by atoms with Crippen molar-refractivity contribution < 1.29 is 9.59 Å². The number of carbonyl (C=O) groups excluding carboxylic acids is 2. The Morgan fingerprint density at radius 3 is 2.38 bits per heavy atom. The Kier molecular flexibility index (Phi) is 5.37. The maximum atomic E-state index is 12.5. The minimum absolute atomic E-state index is 0.133. The van der Waals surface area contributed by atoms with Crippen molar-refractivity contribution >= 4 is 35.6 Å². The molecule has 1 aliphatic heterocycles. The highest BCUT2D eigenvalue weighted by atomic mass is 35.5. The molecule has 1 fully saturated rings. The smallest absolute Gasteiger partial charge is 0.257 e. The molecule has 1 saturated heterocycles. The minimum Gasteiger partial charge on any atom is -0.342 e. The van der Waals surface area contributed by atoms with Crippen molar-refractivity contribution in [3.05, 3.63) is 46.2 Å². The summed E-state index contributed by atoms with van der Waals surface area (Å²) in [5, 5.41) is 3.70. The molecule has 0 bridgehead atoms. The Hall–Kier alpha value is -2.67. The van der Waals surface area contributed by atoms with E-state index in [0.29, 0.717) is 42.7 Å². The number of hydrogen-bond acceptors (Lipinski definition) is 5. The number of halogens is 1. The van der Waals surface area contributed by atoms with Gasteiger partial charge in [0, 0.05) is 38.6 Å². The monoisotopic (exact) mass is 373 g/mol. The Bertz CT molecular complexity index is 794. The molecule has 0 radical (unpaired) electrons. The van der Waals surface area contributed by atoms with Crippen LogP contribution in [0.15, 0.2) is 24.5 Å². The number of hydrogen-bond donors (Lipinski definition) is 1. The molecule has 0 spiro atoms. The van der Waals surface area contributed by atoms with Crippen molar-refractivity contribution in [2.75, 3.05) is 31.5 Å². The molecule has 3 rings (SSSR count). The van der Waals surface area contributed by atoms with Crippen molar-refractivity contribution in [3.63, 3.8) is 0 Å². The highest BCUT2D eigenvalue weighted by molar-refractivity contribution is 6.33. The predicted molar refractivity (Wildman–Crippen MR) is 99.8 cm³/mol. The molecule has 1 aromatic carbocycles. The van der Waals surface area contributed by atoms with Crippen molar-refractivity contribution in [1.82, 2.24) is 19.8 Å². The van der Waals surface area contributed by atoms with E-state index in [0.717, 1.165) is 23.2 Å². The Morgan fingerprint density at radius 1 is 1.15 bits per heavy atom. The van der Waals surface area contributed by atoms with Gasteiger partial charge in [-0.2, -0.15) is 0 Å². The zero-order chi connectivity index (χ0) is 18.7. The number of aryl methyl sites for hydroxylation is 2. The highest BCUT2D eigenvalue weighted by Crippen LogP contribution is 2.29. The van der Waals surface area contributed by atoms with Crippen LogP contribution in [0.2, 0.25) is 5.02 Å². The first-order valence-corrected chi connectivity index (χ1v) is 8.70. The van der Waals surface area contributed by atoms with E-state index in [1.165, 1.54) is 12.4 Å². The van der Waals surface area contributed by atoms with Crippen LogP contribution in [0.3, 0.4) is 0 Å². The summed E-state index contributed by atoms with van der Waals surface area (Å²) in [5.41, 5.74) is 3.24. The lowest BCUT2D eigenvalue weighted by molar-refractivity contribution is -0.119. The molecule has 26 heavy (non-hydrogen) atoms. The van der Waals surface area contributed by atoms with E-state index in [1.54, 1.807) is 9.80 Å². The molecule has 0 unspecified atom stereocenters. The fourth-order valence-electron chi connectivity index (χ4n) is 2.90. The van der Waals surface area contributed by atoms with Gasteiger partial charge in [0.1, 0.15) is 0 Å². The molecule has 0 aliphatic carbocycles. The molecule has 8 heteroatoms. The van der Waals surface area contributed by atoms with Crippen LogP contribution in [0.4, 0.5) is 11.6 Å². The molecule has 1 N–H and O–H groups in total. The average molecular weight is 374 g/mol. The lowest BCUT2D eigenvalue weighted by Crippen LogP contribution is -2.48. The van der Waals surface area contributed by atoms with Crippen LogP contribution in [-0.2, 0) is 4.79 Å². The molecule has 7 nitrogen and oxygen atoms in total. The second-order valence-corrected chi connectivity index (χ2v) is 6.70. The number of anilines is 2. The Balaban J connectivity index is 1.69. The second kappa shape index (κ2) is 7.70. The van der Waals surface area contributed by atoms with E-state index in [4.69, 9.17) is 11.6 Å². The molecule has 2 aromatic rings. The van der Waals surface area contributed by atoms with E-state index < -0.39 is 0 Å². The lowest BCUT2D eigenvalue weighted by atomic mass is 10.1. The van der Waals surface area contributed by atoms with Gasteiger partial charge in [0.25, 0.3) is 5.91 Å². The summed E-state index contributed by atoms with van der Waals surface area (Å²) in [5.74, 6) is 0.243. The van der Waals surface area contributed by atoms with E-state index in [2.05, 4.69) is 15.3 Å². The van der Waals surface area contributed by atoms with Crippen LogP contribution in [-0.4, -0.2) is 58.3 Å². The molecule has 136 valence electrons. The van der Waals surface area contributed by atoms with Gasteiger partial charge in [-0.15, -0.1) is 0 Å². The SMILES string of the molecule is Cc1cc(C)c(Nc2ncc(C(=O)N3CCN(C=O)CC3)cn2)c(Cl)c1. The van der Waals surface area contributed by atoms with Gasteiger partial charge in [-0.1, -0.05) is 17.7 Å². The number of carbonyl (C=O) groups is 2. The number of benzene rings is 1. The van der Waals surface area contributed by atoms with Crippen molar-refractivity contribution in [2.24, 2.45) is 0 Å². The van der Waals surface area contributed by atoms with Crippen LogP contribution in [0.25, 0.3) is 0 Å². The number of piperazine rings is 1. The molecule has 1 aliphatic rings. The van der Waals surface area contributed by atoms with E-state index >= 15 is 0 Å². The summed E-state index contributed by atoms with van der Waals surface area (Å²) in [4.78, 5) is 35.1. The van der Waals surface area contributed by atoms with Gasteiger partial charge in [0.15, 0.2) is 0 Å². The van der Waals surface area contributed by atoms with Crippen LogP contribution in [0.5, 0.6) is 0 Å². The van der Waals surface area contributed by atoms with Gasteiger partial charge in [0.05, 0.1) is 16.3 Å². The van der Waals surface area contributed by atoms with Gasteiger partial charge >= 0.3 is 0 Å². The number of aromatic nitrogens is 2. The van der Waals surface area contributed by atoms with Crippen LogP contribution in [0.1, 0.15) is 21.5 Å². The molecule has 2 heterocycles. The minimum atomic E-state index is -0.133. The highest BCUT2D eigenvalue weighted by Gasteiger charge is 2.21. The maximum absolute atomic E-state index is 12.5. The average Bonchev–Trinajstić information content (AvgIpc) is 2.64. The summed E-state index contributed by atoms with van der Waals surface area (Å²) in [7, 11) is 0. The first-order valence-electron chi connectivity index (χ1n) is 8.32. The third-order valence-electron chi connectivity index (χ3n) is 4.32. The van der Waals surface area contributed by atoms with E-state index in [1.807, 2.05) is 26.0 Å². The number of nitrogens with one attached hydrogen (secondary N) is 1. The maximum Gasteiger partial charge on any atom is 0.257 e. The van der Waals surface area contributed by atoms with Gasteiger partial charge in [0.2, 0.25) is 12.4 Å². The second-order valence-electron chi connectivity index (χ2n) is 6.29. The van der Waals surface area contributed by atoms with Gasteiger partial charge in [-0.25, -0.2) is 9.97 Å². The molecular formula is C18H20ClN5O2. The quantitative estimate of drug-likeness (QED) is 0.832. The van der Waals surface area contributed by atoms with E-state index in [9.17, 15) is 9.59 Å². The van der Waals surface area contributed by atoms with Gasteiger partial charge in [-0.3, -0.25) is 9.59 Å². The van der Waals surface area contributed by atoms with Crippen molar-refractivity contribution in [1.29, 1.82) is 0 Å². The zero-order valence-electron chi connectivity index (χ0n) is 14.7. The summed E-state index contributed by atoms with van der Waals surface area (Å²) in [6.45, 7) is 6.04. The summed E-state index contributed by atoms with van der Waals surface area (Å²) in [6, 6.07) is 3.89. The van der Waals surface area contributed by atoms with Crippen molar-refractivity contribution in [3.8, 4) is 0 Å². The molecule has 2 amide bonds. The lowest BCUT2D eigenvalue weighted by Gasteiger charge is -2.32. The number of rotatable bonds is 4. The summed E-state index contributed by atoms with van der Waals surface area (Å²) in [6.07, 6.45) is 3.81. The summed E-state index contributed by atoms with van der Waals surface area (Å²) >= 11 is 6.28. The summed E-state index contributed by atoms with van der Waals surface area (Å²) < 4.78 is 0. The molecule has 0 saturated carbocycles. The number of nitrogens with zero attached hydrogens (tertiary/aromatic N) is 4. The van der Waals surface area contributed by atoms with Crippen LogP contribution >= 0.6 is 11.6 Å². The number of amides is 2. The Labute approximate surface area is 157 Å². The third kappa shape index (κ3) is 3.94. The topological polar surface area (TPSA) is 78.4 Å². The van der Waals surface area contributed by atoms with Crippen molar-refractivity contribution in [2.45, 2.75) is 13.8 Å².